The number of rotatable bonds is 3. The van der Waals surface area contributed by atoms with Crippen molar-refractivity contribution in [2.75, 3.05) is 6.54 Å². The molecule has 1 aliphatic rings. The van der Waals surface area contributed by atoms with Gasteiger partial charge in [-0.05, 0) is 37.5 Å². The van der Waals surface area contributed by atoms with Crippen LogP contribution in [0.25, 0.3) is 0 Å². The molecule has 0 aliphatic heterocycles. The zero-order valence-electron chi connectivity index (χ0n) is 10.5. The lowest BCUT2D eigenvalue weighted by molar-refractivity contribution is -0.129. The molecule has 1 amide bonds. The van der Waals surface area contributed by atoms with Gasteiger partial charge in [0.2, 0.25) is 5.91 Å². The van der Waals surface area contributed by atoms with Crippen LogP contribution in [-0.4, -0.2) is 12.5 Å². The summed E-state index contributed by atoms with van der Waals surface area (Å²) in [5.74, 6) is 2.47. The van der Waals surface area contributed by atoms with Crippen LogP contribution in [0.4, 0.5) is 0 Å². The van der Waals surface area contributed by atoms with E-state index in [2.05, 4.69) is 26.1 Å². The minimum atomic E-state index is 0.258. The number of nitrogens with one attached hydrogen (secondary N) is 1. The second-order valence-electron chi connectivity index (χ2n) is 5.33. The van der Waals surface area contributed by atoms with Gasteiger partial charge in [0.15, 0.2) is 0 Å². The highest BCUT2D eigenvalue weighted by molar-refractivity contribution is 5.79. The van der Waals surface area contributed by atoms with Crippen LogP contribution in [-0.2, 0) is 4.79 Å². The largest absolute Gasteiger partial charge is 0.356 e. The number of hydrogen-bond donors (Lipinski definition) is 1. The Morgan fingerprint density at radius 3 is 2.60 bits per heavy atom. The highest BCUT2D eigenvalue weighted by Gasteiger charge is 2.34. The number of hydrogen-bond acceptors (Lipinski definition) is 1. The maximum Gasteiger partial charge on any atom is 0.223 e. The zero-order valence-corrected chi connectivity index (χ0v) is 10.5. The van der Waals surface area contributed by atoms with E-state index in [-0.39, 0.29) is 11.8 Å². The molecule has 1 rings (SSSR count). The van der Waals surface area contributed by atoms with Gasteiger partial charge in [-0.25, -0.2) is 0 Å². The minimum Gasteiger partial charge on any atom is -0.356 e. The van der Waals surface area contributed by atoms with Gasteiger partial charge in [-0.15, -0.1) is 0 Å². The first-order valence-electron chi connectivity index (χ1n) is 6.34. The molecule has 1 saturated carbocycles. The van der Waals surface area contributed by atoms with Crippen LogP contribution in [0, 0.1) is 23.7 Å². The fourth-order valence-electron chi connectivity index (χ4n) is 2.81. The van der Waals surface area contributed by atoms with E-state index in [1.54, 1.807) is 0 Å². The molecule has 1 aliphatic carbocycles. The molecule has 1 fully saturated rings. The van der Waals surface area contributed by atoms with Crippen molar-refractivity contribution in [3.63, 3.8) is 0 Å². The molecule has 0 spiro atoms. The Labute approximate surface area is 93.8 Å². The molecule has 0 aromatic carbocycles. The van der Waals surface area contributed by atoms with Crippen molar-refractivity contribution in [2.45, 2.75) is 47.0 Å². The molecule has 2 heteroatoms. The van der Waals surface area contributed by atoms with Crippen molar-refractivity contribution in [3.05, 3.63) is 0 Å². The van der Waals surface area contributed by atoms with Crippen molar-refractivity contribution in [1.82, 2.24) is 5.32 Å². The summed E-state index contributed by atoms with van der Waals surface area (Å²) in [7, 11) is 0. The molecule has 1 N–H and O–H groups in total. The Hall–Kier alpha value is -0.530. The SMILES string of the molecule is CCNC(=O)[C@@H]1C[C@@H](C)CC[C@H]1C(C)C. The second kappa shape index (κ2) is 5.53. The van der Waals surface area contributed by atoms with Crippen LogP contribution < -0.4 is 5.32 Å². The van der Waals surface area contributed by atoms with Crippen LogP contribution in [0.3, 0.4) is 0 Å². The standard InChI is InChI=1S/C13H25NO/c1-5-14-13(15)12-8-10(4)6-7-11(12)9(2)3/h9-12H,5-8H2,1-4H3,(H,14,15)/t10-,11-,12+/m0/s1. The lowest BCUT2D eigenvalue weighted by Gasteiger charge is -2.36. The van der Waals surface area contributed by atoms with Crippen molar-refractivity contribution in [2.24, 2.45) is 23.7 Å². The van der Waals surface area contributed by atoms with E-state index >= 15 is 0 Å². The van der Waals surface area contributed by atoms with E-state index < -0.39 is 0 Å². The van der Waals surface area contributed by atoms with Crippen molar-refractivity contribution >= 4 is 5.91 Å². The first-order chi connectivity index (χ1) is 7.06. The van der Waals surface area contributed by atoms with Crippen molar-refractivity contribution in [1.29, 1.82) is 0 Å². The molecule has 88 valence electrons. The third-order valence-corrected chi connectivity index (χ3v) is 3.71. The highest BCUT2D eigenvalue weighted by Crippen LogP contribution is 2.37. The third kappa shape index (κ3) is 3.22. The molecule has 0 heterocycles. The molecular formula is C13H25NO. The molecule has 0 bridgehead atoms. The lowest BCUT2D eigenvalue weighted by atomic mass is 9.70. The van der Waals surface area contributed by atoms with Gasteiger partial charge in [0.1, 0.15) is 0 Å². The predicted molar refractivity (Wildman–Crippen MR) is 63.5 cm³/mol. The molecule has 15 heavy (non-hydrogen) atoms. The fraction of sp³-hybridized carbons (Fsp3) is 0.923. The molecule has 0 radical (unpaired) electrons. The Morgan fingerprint density at radius 1 is 1.40 bits per heavy atom. The summed E-state index contributed by atoms with van der Waals surface area (Å²) in [5.41, 5.74) is 0. The van der Waals surface area contributed by atoms with Gasteiger partial charge in [0.05, 0.1) is 0 Å². The minimum absolute atomic E-state index is 0.258. The third-order valence-electron chi connectivity index (χ3n) is 3.71. The first-order valence-corrected chi connectivity index (χ1v) is 6.34. The summed E-state index contributed by atoms with van der Waals surface area (Å²) in [4.78, 5) is 11.9. The van der Waals surface area contributed by atoms with E-state index in [0.29, 0.717) is 17.8 Å². The monoisotopic (exact) mass is 211 g/mol. The summed E-state index contributed by atoms with van der Waals surface area (Å²) >= 11 is 0. The molecule has 2 nitrogen and oxygen atoms in total. The van der Waals surface area contributed by atoms with Gasteiger partial charge in [-0.2, -0.15) is 0 Å². The summed E-state index contributed by atoms with van der Waals surface area (Å²) in [6.07, 6.45) is 3.59. The van der Waals surface area contributed by atoms with Gasteiger partial charge >= 0.3 is 0 Å². The van der Waals surface area contributed by atoms with E-state index in [9.17, 15) is 4.79 Å². The topological polar surface area (TPSA) is 29.1 Å². The van der Waals surface area contributed by atoms with E-state index in [0.717, 1.165) is 13.0 Å². The number of carbonyl (C=O) groups excluding carboxylic acids is 1. The zero-order chi connectivity index (χ0) is 11.4. The van der Waals surface area contributed by atoms with Gasteiger partial charge in [0, 0.05) is 12.5 Å². The second-order valence-corrected chi connectivity index (χ2v) is 5.33. The van der Waals surface area contributed by atoms with E-state index in [1.165, 1.54) is 12.8 Å². The molecule has 0 aromatic heterocycles. The summed E-state index contributed by atoms with van der Waals surface area (Å²) < 4.78 is 0. The highest BCUT2D eigenvalue weighted by atomic mass is 16.1. The van der Waals surface area contributed by atoms with Gasteiger partial charge in [-0.3, -0.25) is 4.79 Å². The van der Waals surface area contributed by atoms with Gasteiger partial charge < -0.3 is 5.32 Å². The maximum atomic E-state index is 11.9. The quantitative estimate of drug-likeness (QED) is 0.764. The molecule has 0 saturated heterocycles. The summed E-state index contributed by atoms with van der Waals surface area (Å²) in [6, 6.07) is 0. The number of carbonyl (C=O) groups is 1. The van der Waals surface area contributed by atoms with Crippen LogP contribution in [0.2, 0.25) is 0 Å². The molecule has 3 atom stereocenters. The summed E-state index contributed by atoms with van der Waals surface area (Å²) in [5, 5.41) is 2.98. The Balaban J connectivity index is 2.65. The van der Waals surface area contributed by atoms with E-state index in [4.69, 9.17) is 0 Å². The Kier molecular flexibility index (Phi) is 4.62. The van der Waals surface area contributed by atoms with Gasteiger partial charge in [-0.1, -0.05) is 27.2 Å². The molecule has 0 aromatic rings. The van der Waals surface area contributed by atoms with Crippen LogP contribution in [0.5, 0.6) is 0 Å². The molecular weight excluding hydrogens is 186 g/mol. The van der Waals surface area contributed by atoms with Crippen molar-refractivity contribution < 1.29 is 4.79 Å². The molecule has 0 unspecified atom stereocenters. The van der Waals surface area contributed by atoms with Crippen LogP contribution >= 0.6 is 0 Å². The average Bonchev–Trinajstić information content (AvgIpc) is 2.17. The maximum absolute atomic E-state index is 11.9. The first kappa shape index (κ1) is 12.5. The van der Waals surface area contributed by atoms with Gasteiger partial charge in [0.25, 0.3) is 0 Å². The Bertz CT molecular complexity index is 213. The van der Waals surface area contributed by atoms with Crippen LogP contribution in [0.15, 0.2) is 0 Å². The van der Waals surface area contributed by atoms with E-state index in [1.807, 2.05) is 6.92 Å². The fourth-order valence-corrected chi connectivity index (χ4v) is 2.81. The smallest absolute Gasteiger partial charge is 0.223 e. The normalized spacial score (nSPS) is 31.7. The number of amides is 1. The Morgan fingerprint density at radius 2 is 2.07 bits per heavy atom. The van der Waals surface area contributed by atoms with Crippen LogP contribution in [0.1, 0.15) is 47.0 Å². The van der Waals surface area contributed by atoms with Crippen molar-refractivity contribution in [3.8, 4) is 0 Å². The lowest BCUT2D eigenvalue weighted by Crippen LogP contribution is -2.40. The predicted octanol–water partition coefficient (Wildman–Crippen LogP) is 2.83. The average molecular weight is 211 g/mol. The summed E-state index contributed by atoms with van der Waals surface area (Å²) in [6.45, 7) is 9.51.